The second-order valence-electron chi connectivity index (χ2n) is 1.13. The number of aliphatic imine (C=N–C) groups is 1. The van der Waals surface area contributed by atoms with E-state index in [0.29, 0.717) is 5.70 Å². The van der Waals surface area contributed by atoms with Crippen molar-refractivity contribution in [3.05, 3.63) is 24.7 Å². The molecule has 0 saturated heterocycles. The van der Waals surface area contributed by atoms with E-state index in [1.54, 1.807) is 0 Å². The highest BCUT2D eigenvalue weighted by molar-refractivity contribution is 5.77. The van der Waals surface area contributed by atoms with Gasteiger partial charge in [0.2, 0.25) is 0 Å². The Morgan fingerprint density at radius 2 is 2.25 bits per heavy atom. The fraction of sp³-hybridized carbons (Fsp3) is 0. The van der Waals surface area contributed by atoms with Gasteiger partial charge in [-0.25, -0.2) is 0 Å². The maximum Gasteiger partial charge on any atom is 0.0657 e. The molecule has 3 nitrogen and oxygen atoms in total. The van der Waals surface area contributed by atoms with Crippen LogP contribution in [0.5, 0.6) is 0 Å². The van der Waals surface area contributed by atoms with Crippen LogP contribution in [0.3, 0.4) is 0 Å². The highest BCUT2D eigenvalue weighted by Gasteiger charge is 1.73. The number of nitrogens with two attached hydrogens (primary N) is 2. The molecule has 0 atom stereocenters. The molecule has 0 rings (SSSR count). The van der Waals surface area contributed by atoms with E-state index in [2.05, 4.69) is 11.6 Å². The van der Waals surface area contributed by atoms with Crippen molar-refractivity contribution in [1.82, 2.24) is 0 Å². The zero-order valence-corrected chi connectivity index (χ0v) is 4.54. The highest BCUT2D eigenvalue weighted by Crippen LogP contribution is 1.72. The minimum atomic E-state index is 0.435. The first-order valence-electron chi connectivity index (χ1n) is 2.12. The fourth-order valence-corrected chi connectivity index (χ4v) is 0.182. The van der Waals surface area contributed by atoms with Crippen molar-refractivity contribution in [3.63, 3.8) is 0 Å². The van der Waals surface area contributed by atoms with Crippen molar-refractivity contribution in [2.24, 2.45) is 16.5 Å². The van der Waals surface area contributed by atoms with Crippen molar-refractivity contribution in [3.8, 4) is 0 Å². The van der Waals surface area contributed by atoms with Crippen LogP contribution in [-0.4, -0.2) is 6.21 Å². The minimum Gasteiger partial charge on any atom is -0.403 e. The van der Waals surface area contributed by atoms with E-state index in [1.807, 2.05) is 0 Å². The summed E-state index contributed by atoms with van der Waals surface area (Å²) in [6.07, 6.45) is 4.08. The van der Waals surface area contributed by atoms with Crippen LogP contribution in [0.1, 0.15) is 0 Å². The normalized spacial score (nSPS) is 12.2. The van der Waals surface area contributed by atoms with Crippen LogP contribution in [0.25, 0.3) is 0 Å². The van der Waals surface area contributed by atoms with Crippen molar-refractivity contribution >= 4 is 6.21 Å². The zero-order valence-electron chi connectivity index (χ0n) is 4.54. The number of hydrogen-bond acceptors (Lipinski definition) is 3. The van der Waals surface area contributed by atoms with Crippen molar-refractivity contribution < 1.29 is 0 Å². The van der Waals surface area contributed by atoms with E-state index in [1.165, 1.54) is 18.6 Å². The molecule has 0 amide bonds. The summed E-state index contributed by atoms with van der Waals surface area (Å²) >= 11 is 0. The third-order valence-electron chi connectivity index (χ3n) is 0.521. The van der Waals surface area contributed by atoms with E-state index in [-0.39, 0.29) is 0 Å². The molecule has 0 unspecified atom stereocenters. The maximum absolute atomic E-state index is 5.20. The molecule has 0 aromatic carbocycles. The van der Waals surface area contributed by atoms with Gasteiger partial charge in [0, 0.05) is 12.4 Å². The molecule has 0 saturated carbocycles. The van der Waals surface area contributed by atoms with Gasteiger partial charge in [-0.05, 0) is 0 Å². The van der Waals surface area contributed by atoms with Crippen LogP contribution in [0.4, 0.5) is 0 Å². The highest BCUT2D eigenvalue weighted by atomic mass is 14.7. The van der Waals surface area contributed by atoms with E-state index in [4.69, 9.17) is 11.5 Å². The van der Waals surface area contributed by atoms with Gasteiger partial charge in [-0.2, -0.15) is 0 Å². The number of hydrogen-bond donors (Lipinski definition) is 2. The molecule has 3 heteroatoms. The lowest BCUT2D eigenvalue weighted by atomic mass is 10.5. The molecular weight excluding hydrogens is 102 g/mol. The summed E-state index contributed by atoms with van der Waals surface area (Å²) in [6, 6.07) is 0. The van der Waals surface area contributed by atoms with Gasteiger partial charge in [0.15, 0.2) is 0 Å². The number of rotatable bonds is 2. The third-order valence-corrected chi connectivity index (χ3v) is 0.521. The van der Waals surface area contributed by atoms with Gasteiger partial charge in [-0.3, -0.25) is 4.99 Å². The van der Waals surface area contributed by atoms with E-state index >= 15 is 0 Å². The summed E-state index contributed by atoms with van der Waals surface area (Å²) in [5.74, 6) is 0. The van der Waals surface area contributed by atoms with Gasteiger partial charge < -0.3 is 11.5 Å². The Morgan fingerprint density at radius 3 is 2.62 bits per heavy atom. The molecule has 4 N–H and O–H groups in total. The van der Waals surface area contributed by atoms with Gasteiger partial charge in [0.1, 0.15) is 0 Å². The zero-order chi connectivity index (χ0) is 6.41. The SMILES string of the molecule is C=C/N=C\C(N)=C/N. The topological polar surface area (TPSA) is 64.4 Å². The third kappa shape index (κ3) is 2.96. The van der Waals surface area contributed by atoms with Crippen LogP contribution >= 0.6 is 0 Å². The van der Waals surface area contributed by atoms with Crippen LogP contribution in [-0.2, 0) is 0 Å². The summed E-state index contributed by atoms with van der Waals surface area (Å²) in [7, 11) is 0. The monoisotopic (exact) mass is 111 g/mol. The van der Waals surface area contributed by atoms with Crippen LogP contribution in [0, 0.1) is 0 Å². The number of nitrogens with zero attached hydrogens (tertiary/aromatic N) is 1. The quantitative estimate of drug-likeness (QED) is 0.491. The van der Waals surface area contributed by atoms with Crippen LogP contribution in [0.2, 0.25) is 0 Å². The lowest BCUT2D eigenvalue weighted by Gasteiger charge is -1.82. The predicted octanol–water partition coefficient (Wildman–Crippen LogP) is -0.0405. The Balaban J connectivity index is 3.69. The van der Waals surface area contributed by atoms with E-state index in [0.717, 1.165) is 0 Å². The molecule has 0 radical (unpaired) electrons. The molecule has 44 valence electrons. The van der Waals surface area contributed by atoms with Gasteiger partial charge in [-0.1, -0.05) is 6.58 Å². The molecule has 0 aromatic heterocycles. The van der Waals surface area contributed by atoms with Gasteiger partial charge in [0.25, 0.3) is 0 Å². The van der Waals surface area contributed by atoms with Gasteiger partial charge in [-0.15, -0.1) is 0 Å². The molecule has 0 bridgehead atoms. The van der Waals surface area contributed by atoms with Crippen LogP contribution < -0.4 is 11.5 Å². The molecule has 0 aliphatic heterocycles. The number of allylic oxidation sites excluding steroid dienone is 1. The minimum absolute atomic E-state index is 0.435. The first-order chi connectivity index (χ1) is 3.81. The fourth-order valence-electron chi connectivity index (χ4n) is 0.182. The van der Waals surface area contributed by atoms with Crippen molar-refractivity contribution in [1.29, 1.82) is 0 Å². The second-order valence-corrected chi connectivity index (χ2v) is 1.13. The molecule has 0 fully saturated rings. The Kier molecular flexibility index (Phi) is 3.31. The van der Waals surface area contributed by atoms with Gasteiger partial charge in [0.05, 0.1) is 11.9 Å². The standard InChI is InChI=1S/C5H9N3/c1-2-8-4-5(7)3-6/h2-4H,1,6-7H2/b5-3+,8-4-. The second kappa shape index (κ2) is 3.92. The molecular formula is C5H9N3. The summed E-state index contributed by atoms with van der Waals surface area (Å²) in [4.78, 5) is 3.61. The Labute approximate surface area is 48.4 Å². The molecule has 0 aliphatic carbocycles. The summed E-state index contributed by atoms with van der Waals surface area (Å²) in [5, 5.41) is 0. The largest absolute Gasteiger partial charge is 0.403 e. The first kappa shape index (κ1) is 6.75. The molecule has 0 heterocycles. The summed E-state index contributed by atoms with van der Waals surface area (Å²) < 4.78 is 0. The van der Waals surface area contributed by atoms with Crippen LogP contribution in [0.15, 0.2) is 29.7 Å². The lowest BCUT2D eigenvalue weighted by Crippen LogP contribution is -2.00. The average Bonchev–Trinajstić information content (AvgIpc) is 1.83. The molecule has 0 aromatic rings. The molecule has 0 spiro atoms. The average molecular weight is 111 g/mol. The van der Waals surface area contributed by atoms with Crippen molar-refractivity contribution in [2.45, 2.75) is 0 Å². The van der Waals surface area contributed by atoms with Crippen molar-refractivity contribution in [2.75, 3.05) is 0 Å². The summed E-state index contributed by atoms with van der Waals surface area (Å²) in [6.45, 7) is 3.35. The Bertz CT molecular complexity index is 124. The van der Waals surface area contributed by atoms with Gasteiger partial charge >= 0.3 is 0 Å². The maximum atomic E-state index is 5.20. The smallest absolute Gasteiger partial charge is 0.0657 e. The first-order valence-corrected chi connectivity index (χ1v) is 2.12. The molecule has 8 heavy (non-hydrogen) atoms. The predicted molar refractivity (Wildman–Crippen MR) is 35.1 cm³/mol. The Morgan fingerprint density at radius 1 is 1.62 bits per heavy atom. The molecule has 0 aliphatic rings. The van der Waals surface area contributed by atoms with E-state index in [9.17, 15) is 0 Å². The summed E-state index contributed by atoms with van der Waals surface area (Å²) in [5.41, 5.74) is 10.6. The van der Waals surface area contributed by atoms with E-state index < -0.39 is 0 Å². The lowest BCUT2D eigenvalue weighted by molar-refractivity contribution is 1.41. The Hall–Kier alpha value is -1.25.